The Kier molecular flexibility index (Phi) is 7.60. The lowest BCUT2D eigenvalue weighted by atomic mass is 9.95. The number of hydrogen-bond donors (Lipinski definition) is 2. The number of nitrogens with zero attached hydrogens (tertiary/aromatic N) is 1. The Labute approximate surface area is 211 Å². The number of alkyl halides is 3. The molecule has 4 rings (SSSR count). The molecule has 36 heavy (non-hydrogen) atoms. The third-order valence-electron chi connectivity index (χ3n) is 6.10. The molecule has 0 bridgehead atoms. The van der Waals surface area contributed by atoms with Crippen LogP contribution in [0.1, 0.15) is 36.2 Å². The molecule has 190 valence electrons. The van der Waals surface area contributed by atoms with E-state index >= 15 is 0 Å². The van der Waals surface area contributed by atoms with Crippen molar-refractivity contribution in [3.05, 3.63) is 72.6 Å². The lowest BCUT2D eigenvalue weighted by Crippen LogP contribution is -2.32. The van der Waals surface area contributed by atoms with Crippen LogP contribution in [0.5, 0.6) is 0 Å². The molecule has 0 atom stereocenters. The third-order valence-corrected chi connectivity index (χ3v) is 9.12. The van der Waals surface area contributed by atoms with E-state index < -0.39 is 26.5 Å². The van der Waals surface area contributed by atoms with Gasteiger partial charge in [-0.2, -0.15) is 13.2 Å². The Morgan fingerprint density at radius 2 is 1.58 bits per heavy atom. The normalized spacial score (nSPS) is 18.5. The molecular formula is C25H24F3N3O3S2. The molecular weight excluding hydrogens is 511 g/mol. The number of amides is 1. The van der Waals surface area contributed by atoms with Gasteiger partial charge in [0.2, 0.25) is 0 Å². The molecule has 1 aromatic heterocycles. The predicted octanol–water partition coefficient (Wildman–Crippen LogP) is 5.66. The molecule has 0 unspecified atom stereocenters. The van der Waals surface area contributed by atoms with Crippen LogP contribution in [-0.4, -0.2) is 36.1 Å². The fourth-order valence-corrected chi connectivity index (χ4v) is 6.61. The zero-order chi connectivity index (χ0) is 25.9. The van der Waals surface area contributed by atoms with E-state index in [4.69, 9.17) is 5.73 Å². The molecule has 1 fully saturated rings. The molecule has 1 heterocycles. The average molecular weight is 536 g/mol. The molecule has 1 aliphatic rings. The predicted molar refractivity (Wildman–Crippen MR) is 133 cm³/mol. The molecule has 3 N–H and O–H groups in total. The Morgan fingerprint density at radius 1 is 0.944 bits per heavy atom. The minimum atomic E-state index is -4.33. The highest BCUT2D eigenvalue weighted by Gasteiger charge is 2.32. The SMILES string of the molecule is NC(=O)c1cc(-c2ccc(S(=O)(=O)[C@H]3CC[C@H](Nc4ccc(SC(F)(F)F)cc4)CC3)cc2)ccn1. The van der Waals surface area contributed by atoms with Gasteiger partial charge in [-0.15, -0.1) is 0 Å². The van der Waals surface area contributed by atoms with E-state index in [0.717, 1.165) is 5.56 Å². The van der Waals surface area contributed by atoms with Crippen LogP contribution in [0.4, 0.5) is 18.9 Å². The van der Waals surface area contributed by atoms with Crippen LogP contribution < -0.4 is 11.1 Å². The molecule has 1 amide bonds. The second kappa shape index (κ2) is 10.5. The lowest BCUT2D eigenvalue weighted by Gasteiger charge is -2.29. The monoisotopic (exact) mass is 535 g/mol. The fourth-order valence-electron chi connectivity index (χ4n) is 4.28. The molecule has 6 nitrogen and oxygen atoms in total. The van der Waals surface area contributed by atoms with E-state index in [1.807, 2.05) is 0 Å². The van der Waals surface area contributed by atoms with Crippen LogP contribution >= 0.6 is 11.8 Å². The third kappa shape index (κ3) is 6.38. The number of pyridine rings is 1. The number of carbonyl (C=O) groups is 1. The number of hydrogen-bond acceptors (Lipinski definition) is 6. The number of benzene rings is 2. The number of halogens is 3. The van der Waals surface area contributed by atoms with Crippen molar-refractivity contribution in [2.24, 2.45) is 5.73 Å². The molecule has 2 aromatic carbocycles. The maximum atomic E-state index is 13.2. The number of primary amides is 1. The number of nitrogens with two attached hydrogens (primary N) is 1. The van der Waals surface area contributed by atoms with Crippen LogP contribution in [-0.2, 0) is 9.84 Å². The first-order valence-electron chi connectivity index (χ1n) is 11.2. The lowest BCUT2D eigenvalue weighted by molar-refractivity contribution is -0.0328. The highest BCUT2D eigenvalue weighted by atomic mass is 32.2. The molecule has 3 aromatic rings. The Bertz CT molecular complexity index is 1320. The summed E-state index contributed by atoms with van der Waals surface area (Å²) in [7, 11) is -3.53. The largest absolute Gasteiger partial charge is 0.446 e. The van der Waals surface area contributed by atoms with Gasteiger partial charge in [0.25, 0.3) is 5.91 Å². The summed E-state index contributed by atoms with van der Waals surface area (Å²) in [6, 6.07) is 15.9. The van der Waals surface area contributed by atoms with Gasteiger partial charge in [-0.25, -0.2) is 8.42 Å². The number of carbonyl (C=O) groups excluding carboxylic acids is 1. The second-order valence-electron chi connectivity index (χ2n) is 8.55. The number of nitrogens with one attached hydrogen (secondary N) is 1. The summed E-state index contributed by atoms with van der Waals surface area (Å²) >= 11 is -0.158. The smallest absolute Gasteiger partial charge is 0.382 e. The van der Waals surface area contributed by atoms with Crippen LogP contribution in [0.15, 0.2) is 76.7 Å². The number of anilines is 1. The van der Waals surface area contributed by atoms with E-state index in [1.165, 1.54) is 18.3 Å². The van der Waals surface area contributed by atoms with E-state index in [2.05, 4.69) is 10.3 Å². The van der Waals surface area contributed by atoms with Crippen molar-refractivity contribution >= 4 is 33.2 Å². The first-order chi connectivity index (χ1) is 17.0. The molecule has 0 spiro atoms. The number of aromatic nitrogens is 1. The summed E-state index contributed by atoms with van der Waals surface area (Å²) in [5, 5.41) is 2.79. The summed E-state index contributed by atoms with van der Waals surface area (Å²) in [5.74, 6) is -0.640. The maximum Gasteiger partial charge on any atom is 0.446 e. The van der Waals surface area contributed by atoms with Crippen molar-refractivity contribution in [3.8, 4) is 11.1 Å². The second-order valence-corrected chi connectivity index (χ2v) is 11.9. The molecule has 11 heteroatoms. The van der Waals surface area contributed by atoms with Gasteiger partial charge in [0, 0.05) is 22.8 Å². The number of sulfone groups is 1. The van der Waals surface area contributed by atoms with Gasteiger partial charge in [-0.05, 0) is 97.1 Å². The van der Waals surface area contributed by atoms with Gasteiger partial charge in [0.15, 0.2) is 9.84 Å². The molecule has 1 aliphatic carbocycles. The average Bonchev–Trinajstić information content (AvgIpc) is 2.85. The topological polar surface area (TPSA) is 102 Å². The zero-order valence-electron chi connectivity index (χ0n) is 19.0. The van der Waals surface area contributed by atoms with Crippen molar-refractivity contribution in [3.63, 3.8) is 0 Å². The van der Waals surface area contributed by atoms with Gasteiger partial charge in [-0.3, -0.25) is 9.78 Å². The van der Waals surface area contributed by atoms with Gasteiger partial charge in [-0.1, -0.05) is 12.1 Å². The quantitative estimate of drug-likeness (QED) is 0.379. The van der Waals surface area contributed by atoms with E-state index in [9.17, 15) is 26.4 Å². The van der Waals surface area contributed by atoms with Gasteiger partial charge in [0.05, 0.1) is 10.1 Å². The van der Waals surface area contributed by atoms with E-state index in [-0.39, 0.29) is 33.3 Å². The summed E-state index contributed by atoms with van der Waals surface area (Å²) in [5.41, 5.74) is 3.24. The van der Waals surface area contributed by atoms with Gasteiger partial charge >= 0.3 is 5.51 Å². The van der Waals surface area contributed by atoms with Crippen molar-refractivity contribution in [2.75, 3.05) is 5.32 Å². The van der Waals surface area contributed by atoms with Crippen molar-refractivity contribution in [1.29, 1.82) is 0 Å². The van der Waals surface area contributed by atoms with Crippen molar-refractivity contribution < 1.29 is 26.4 Å². The summed E-state index contributed by atoms with van der Waals surface area (Å²) in [6.45, 7) is 0. The minimum Gasteiger partial charge on any atom is -0.382 e. The molecule has 0 aliphatic heterocycles. The first kappa shape index (κ1) is 26.0. The standard InChI is InChI=1S/C25H24F3N3O3S2/c26-25(27,28)35-20-7-3-18(4-8-20)31-19-5-11-22(12-6-19)36(33,34)21-9-1-16(2-10-21)17-13-14-30-23(15-17)24(29)32/h1-4,7-10,13-15,19,22,31H,5-6,11-12H2,(H2,29,32)/t19-,22-. The first-order valence-corrected chi connectivity index (χ1v) is 13.6. The Hall–Kier alpha value is -3.05. The fraction of sp³-hybridized carbons (Fsp3) is 0.280. The summed E-state index contributed by atoms with van der Waals surface area (Å²) in [4.78, 5) is 15.6. The Morgan fingerprint density at radius 3 is 2.17 bits per heavy atom. The van der Waals surface area contributed by atoms with E-state index in [1.54, 1.807) is 48.5 Å². The highest BCUT2D eigenvalue weighted by Crippen LogP contribution is 2.37. The highest BCUT2D eigenvalue weighted by molar-refractivity contribution is 8.00. The Balaban J connectivity index is 1.36. The maximum absolute atomic E-state index is 13.2. The zero-order valence-corrected chi connectivity index (χ0v) is 20.7. The summed E-state index contributed by atoms with van der Waals surface area (Å²) in [6.07, 6.45) is 3.70. The van der Waals surface area contributed by atoms with Gasteiger partial charge in [0.1, 0.15) is 5.69 Å². The van der Waals surface area contributed by atoms with Crippen LogP contribution in [0.25, 0.3) is 11.1 Å². The van der Waals surface area contributed by atoms with Crippen molar-refractivity contribution in [2.45, 2.75) is 52.3 Å². The van der Waals surface area contributed by atoms with Crippen molar-refractivity contribution in [1.82, 2.24) is 4.98 Å². The van der Waals surface area contributed by atoms with Gasteiger partial charge < -0.3 is 11.1 Å². The minimum absolute atomic E-state index is 0.0473. The molecule has 0 saturated heterocycles. The summed E-state index contributed by atoms with van der Waals surface area (Å²) < 4.78 is 63.9. The number of rotatable bonds is 7. The van der Waals surface area contributed by atoms with Crippen LogP contribution in [0.3, 0.4) is 0 Å². The molecule has 1 saturated carbocycles. The van der Waals surface area contributed by atoms with Crippen LogP contribution in [0.2, 0.25) is 0 Å². The molecule has 0 radical (unpaired) electrons. The van der Waals surface area contributed by atoms with Crippen LogP contribution in [0, 0.1) is 0 Å². The van der Waals surface area contributed by atoms with E-state index in [0.29, 0.717) is 36.9 Å². The number of thioether (sulfide) groups is 1.